The SMILES string of the molecule is CCCCC(CCN1CCNC1=O)[Si](C)(C)OC. The van der Waals surface area contributed by atoms with E-state index in [9.17, 15) is 4.79 Å². The summed E-state index contributed by atoms with van der Waals surface area (Å²) in [6, 6.07) is 0.0983. The van der Waals surface area contributed by atoms with Crippen molar-refractivity contribution in [1.29, 1.82) is 0 Å². The van der Waals surface area contributed by atoms with Crippen LogP contribution in [0.1, 0.15) is 32.6 Å². The highest BCUT2D eigenvalue weighted by Crippen LogP contribution is 2.31. The van der Waals surface area contributed by atoms with Gasteiger partial charge < -0.3 is 14.6 Å². The van der Waals surface area contributed by atoms with Crippen LogP contribution < -0.4 is 5.32 Å². The molecule has 1 unspecified atom stereocenters. The molecule has 0 aromatic carbocycles. The number of unbranched alkanes of at least 4 members (excludes halogenated alkanes) is 1. The highest BCUT2D eigenvalue weighted by atomic mass is 28.4. The molecule has 2 amide bonds. The summed E-state index contributed by atoms with van der Waals surface area (Å²) in [6.45, 7) is 9.33. The molecule has 0 spiro atoms. The molecule has 0 radical (unpaired) electrons. The highest BCUT2D eigenvalue weighted by molar-refractivity contribution is 6.72. The van der Waals surface area contributed by atoms with E-state index in [4.69, 9.17) is 4.43 Å². The minimum absolute atomic E-state index is 0.0983. The first-order chi connectivity index (χ1) is 8.51. The molecular weight excluding hydrogens is 244 g/mol. The van der Waals surface area contributed by atoms with E-state index < -0.39 is 8.32 Å². The molecule has 1 aliphatic rings. The number of hydrogen-bond donors (Lipinski definition) is 1. The van der Waals surface area contributed by atoms with Crippen LogP contribution in [0.3, 0.4) is 0 Å². The zero-order valence-electron chi connectivity index (χ0n) is 12.3. The third-order valence-electron chi connectivity index (χ3n) is 4.11. The molecule has 1 fully saturated rings. The molecule has 0 bridgehead atoms. The van der Waals surface area contributed by atoms with E-state index in [1.54, 1.807) is 0 Å². The van der Waals surface area contributed by atoms with Gasteiger partial charge in [0, 0.05) is 26.7 Å². The fourth-order valence-corrected chi connectivity index (χ4v) is 4.55. The van der Waals surface area contributed by atoms with Gasteiger partial charge in [-0.1, -0.05) is 26.2 Å². The summed E-state index contributed by atoms with van der Waals surface area (Å²) >= 11 is 0. The average Bonchev–Trinajstić information content (AvgIpc) is 2.75. The maximum atomic E-state index is 11.5. The lowest BCUT2D eigenvalue weighted by Gasteiger charge is -2.32. The summed E-state index contributed by atoms with van der Waals surface area (Å²) in [7, 11) is 0.245. The van der Waals surface area contributed by atoms with Crippen molar-refractivity contribution in [2.45, 2.75) is 51.2 Å². The number of carbonyl (C=O) groups is 1. The van der Waals surface area contributed by atoms with Gasteiger partial charge in [0.25, 0.3) is 0 Å². The fraction of sp³-hybridized carbons (Fsp3) is 0.923. The van der Waals surface area contributed by atoms with Gasteiger partial charge in [-0.15, -0.1) is 0 Å². The predicted octanol–water partition coefficient (Wildman–Crippen LogP) is 2.81. The summed E-state index contributed by atoms with van der Waals surface area (Å²) < 4.78 is 5.76. The van der Waals surface area contributed by atoms with E-state index in [1.807, 2.05) is 12.0 Å². The Morgan fingerprint density at radius 2 is 2.17 bits per heavy atom. The molecule has 1 N–H and O–H groups in total. The van der Waals surface area contributed by atoms with Crippen molar-refractivity contribution in [3.05, 3.63) is 0 Å². The van der Waals surface area contributed by atoms with E-state index in [1.165, 1.54) is 19.3 Å². The third-order valence-corrected chi connectivity index (χ3v) is 7.70. The van der Waals surface area contributed by atoms with Crippen LogP contribution in [-0.2, 0) is 4.43 Å². The van der Waals surface area contributed by atoms with Crippen molar-refractivity contribution < 1.29 is 9.22 Å². The number of amides is 2. The van der Waals surface area contributed by atoms with Crippen LogP contribution in [0.5, 0.6) is 0 Å². The number of nitrogens with one attached hydrogen (secondary N) is 1. The zero-order valence-corrected chi connectivity index (χ0v) is 13.3. The molecule has 106 valence electrons. The Balaban J connectivity index is 2.47. The third kappa shape index (κ3) is 4.28. The molecule has 0 aromatic heterocycles. The summed E-state index contributed by atoms with van der Waals surface area (Å²) in [5.74, 6) is 0. The summed E-state index contributed by atoms with van der Waals surface area (Å²) in [4.78, 5) is 13.4. The molecule has 1 rings (SSSR count). The molecule has 1 saturated heterocycles. The second-order valence-electron chi connectivity index (χ2n) is 5.65. The number of hydrogen-bond acceptors (Lipinski definition) is 2. The lowest BCUT2D eigenvalue weighted by Crippen LogP contribution is -2.38. The number of urea groups is 1. The first kappa shape index (κ1) is 15.5. The number of rotatable bonds is 8. The minimum atomic E-state index is -1.60. The van der Waals surface area contributed by atoms with Gasteiger partial charge >= 0.3 is 6.03 Å². The first-order valence-corrected chi connectivity index (χ1v) is 10.1. The molecule has 4 nitrogen and oxygen atoms in total. The van der Waals surface area contributed by atoms with Crippen molar-refractivity contribution in [3.63, 3.8) is 0 Å². The fourth-order valence-electron chi connectivity index (χ4n) is 2.49. The summed E-state index contributed by atoms with van der Waals surface area (Å²) in [6.07, 6.45) is 4.81. The van der Waals surface area contributed by atoms with Crippen LogP contribution in [0, 0.1) is 0 Å². The first-order valence-electron chi connectivity index (χ1n) is 7.09. The topological polar surface area (TPSA) is 41.6 Å². The minimum Gasteiger partial charge on any atom is -0.420 e. The van der Waals surface area contributed by atoms with Gasteiger partial charge in [-0.2, -0.15) is 0 Å². The molecule has 0 saturated carbocycles. The lowest BCUT2D eigenvalue weighted by molar-refractivity contribution is 0.215. The molecule has 18 heavy (non-hydrogen) atoms. The van der Waals surface area contributed by atoms with Crippen LogP contribution in [0.4, 0.5) is 4.79 Å². The molecule has 0 aromatic rings. The van der Waals surface area contributed by atoms with Gasteiger partial charge in [0.05, 0.1) is 0 Å². The standard InChI is InChI=1S/C13H28N2O2Si/c1-5-6-7-12(18(3,4)17-2)8-10-15-11-9-14-13(15)16/h12H,5-11H2,1-4H3,(H,14,16). The van der Waals surface area contributed by atoms with Gasteiger partial charge in [-0.3, -0.25) is 0 Å². The van der Waals surface area contributed by atoms with Gasteiger partial charge in [-0.05, 0) is 25.1 Å². The number of nitrogens with zero attached hydrogens (tertiary/aromatic N) is 1. The van der Waals surface area contributed by atoms with E-state index >= 15 is 0 Å². The predicted molar refractivity (Wildman–Crippen MR) is 77.4 cm³/mol. The van der Waals surface area contributed by atoms with Crippen LogP contribution in [-0.4, -0.2) is 46.0 Å². The maximum Gasteiger partial charge on any atom is 0.317 e. The molecule has 0 aliphatic carbocycles. The van der Waals surface area contributed by atoms with Crippen LogP contribution in [0.2, 0.25) is 18.6 Å². The Kier molecular flexibility index (Phi) is 6.15. The zero-order chi connectivity index (χ0) is 13.6. The summed E-state index contributed by atoms with van der Waals surface area (Å²) in [5, 5.41) is 2.86. The Hall–Kier alpha value is -0.553. The van der Waals surface area contributed by atoms with E-state index in [-0.39, 0.29) is 6.03 Å². The Bertz CT molecular complexity index is 272. The Morgan fingerprint density at radius 3 is 2.67 bits per heavy atom. The molecule has 1 aliphatic heterocycles. The van der Waals surface area contributed by atoms with E-state index in [2.05, 4.69) is 25.3 Å². The van der Waals surface area contributed by atoms with E-state index in [0.29, 0.717) is 5.54 Å². The Labute approximate surface area is 112 Å². The van der Waals surface area contributed by atoms with Crippen molar-refractivity contribution >= 4 is 14.3 Å². The lowest BCUT2D eigenvalue weighted by atomic mass is 10.1. The monoisotopic (exact) mass is 272 g/mol. The molecule has 1 atom stereocenters. The van der Waals surface area contributed by atoms with Crippen LogP contribution in [0.15, 0.2) is 0 Å². The molecular formula is C13H28N2O2Si. The quantitative estimate of drug-likeness (QED) is 0.690. The van der Waals surface area contributed by atoms with Gasteiger partial charge in [0.1, 0.15) is 0 Å². The van der Waals surface area contributed by atoms with Crippen molar-refractivity contribution in [3.8, 4) is 0 Å². The van der Waals surface area contributed by atoms with E-state index in [0.717, 1.165) is 26.1 Å². The highest BCUT2D eigenvalue weighted by Gasteiger charge is 2.33. The smallest absolute Gasteiger partial charge is 0.317 e. The van der Waals surface area contributed by atoms with Crippen LogP contribution in [0.25, 0.3) is 0 Å². The maximum absolute atomic E-state index is 11.5. The summed E-state index contributed by atoms with van der Waals surface area (Å²) in [5.41, 5.74) is 0.649. The van der Waals surface area contributed by atoms with Gasteiger partial charge in [0.15, 0.2) is 8.32 Å². The average molecular weight is 272 g/mol. The molecule has 5 heteroatoms. The second-order valence-corrected chi connectivity index (χ2v) is 10.1. The normalized spacial score (nSPS) is 18.0. The van der Waals surface area contributed by atoms with Crippen molar-refractivity contribution in [1.82, 2.24) is 10.2 Å². The second kappa shape index (κ2) is 7.14. The Morgan fingerprint density at radius 1 is 1.44 bits per heavy atom. The number of carbonyl (C=O) groups excluding carboxylic acids is 1. The van der Waals surface area contributed by atoms with Crippen LogP contribution >= 0.6 is 0 Å². The largest absolute Gasteiger partial charge is 0.420 e. The van der Waals surface area contributed by atoms with Gasteiger partial charge in [-0.25, -0.2) is 4.79 Å². The van der Waals surface area contributed by atoms with Gasteiger partial charge in [0.2, 0.25) is 0 Å². The van der Waals surface area contributed by atoms with Crippen molar-refractivity contribution in [2.24, 2.45) is 0 Å². The van der Waals surface area contributed by atoms with Crippen molar-refractivity contribution in [2.75, 3.05) is 26.7 Å². The molecule has 1 heterocycles.